The first-order chi connectivity index (χ1) is 7.75. The van der Waals surface area contributed by atoms with Crippen molar-refractivity contribution in [2.75, 3.05) is 7.11 Å². The summed E-state index contributed by atoms with van der Waals surface area (Å²) in [6.07, 6.45) is 1.52. The highest BCUT2D eigenvalue weighted by Crippen LogP contribution is 2.45. The molecule has 0 aromatic rings. The Morgan fingerprint density at radius 2 is 2.06 bits per heavy atom. The Morgan fingerprint density at radius 1 is 1.47 bits per heavy atom. The van der Waals surface area contributed by atoms with Gasteiger partial charge >= 0.3 is 12.1 Å². The van der Waals surface area contributed by atoms with Crippen LogP contribution in [-0.4, -0.2) is 30.3 Å². The fraction of sp³-hybridized carbons (Fsp3) is 0.667. The predicted octanol–water partition coefficient (Wildman–Crippen LogP) is 1.63. The number of esters is 1. The molecule has 0 unspecified atom stereocenters. The molecular formula is C12H19NO4. The van der Waals surface area contributed by atoms with Gasteiger partial charge in [-0.3, -0.25) is 0 Å². The van der Waals surface area contributed by atoms with E-state index in [-0.39, 0.29) is 5.92 Å². The molecular weight excluding hydrogens is 222 g/mol. The Hall–Kier alpha value is -1.52. The zero-order valence-electron chi connectivity index (χ0n) is 10.7. The summed E-state index contributed by atoms with van der Waals surface area (Å²) in [7, 11) is 1.29. The number of amides is 1. The van der Waals surface area contributed by atoms with Gasteiger partial charge in [-0.2, -0.15) is 0 Å². The molecule has 0 radical (unpaired) electrons. The molecule has 96 valence electrons. The summed E-state index contributed by atoms with van der Waals surface area (Å²) in [6.45, 7) is 8.89. The zero-order chi connectivity index (χ0) is 13.3. The molecule has 17 heavy (non-hydrogen) atoms. The lowest BCUT2D eigenvalue weighted by molar-refractivity contribution is -0.144. The highest BCUT2D eigenvalue weighted by Gasteiger charge is 2.61. The second-order valence-electron chi connectivity index (χ2n) is 5.14. The van der Waals surface area contributed by atoms with Crippen LogP contribution in [0.4, 0.5) is 4.79 Å². The van der Waals surface area contributed by atoms with Gasteiger partial charge in [-0.05, 0) is 27.2 Å². The molecule has 0 aromatic carbocycles. The van der Waals surface area contributed by atoms with E-state index in [0.29, 0.717) is 6.42 Å². The molecule has 2 atom stereocenters. The number of rotatable bonds is 3. The molecule has 1 saturated carbocycles. The molecule has 0 aliphatic heterocycles. The van der Waals surface area contributed by atoms with E-state index in [2.05, 4.69) is 16.6 Å². The normalized spacial score (nSPS) is 26.9. The van der Waals surface area contributed by atoms with Crippen LogP contribution in [0.3, 0.4) is 0 Å². The van der Waals surface area contributed by atoms with E-state index >= 15 is 0 Å². The largest absolute Gasteiger partial charge is 0.467 e. The third-order valence-electron chi connectivity index (χ3n) is 2.57. The van der Waals surface area contributed by atoms with Crippen molar-refractivity contribution in [3.8, 4) is 0 Å². The number of nitrogens with one attached hydrogen (secondary N) is 1. The van der Waals surface area contributed by atoms with Crippen molar-refractivity contribution in [2.45, 2.75) is 38.3 Å². The third kappa shape index (κ3) is 2.99. The van der Waals surface area contributed by atoms with Gasteiger partial charge in [0.15, 0.2) is 0 Å². The maximum absolute atomic E-state index is 11.6. The molecule has 1 rings (SSSR count). The van der Waals surface area contributed by atoms with Gasteiger partial charge in [0.2, 0.25) is 0 Å². The first-order valence-corrected chi connectivity index (χ1v) is 5.47. The van der Waals surface area contributed by atoms with Crippen molar-refractivity contribution in [2.24, 2.45) is 5.92 Å². The zero-order valence-corrected chi connectivity index (χ0v) is 10.7. The van der Waals surface area contributed by atoms with Crippen molar-refractivity contribution in [1.29, 1.82) is 0 Å². The Bertz CT molecular complexity index is 345. The molecule has 1 aliphatic carbocycles. The third-order valence-corrected chi connectivity index (χ3v) is 2.57. The van der Waals surface area contributed by atoms with E-state index in [4.69, 9.17) is 4.74 Å². The van der Waals surface area contributed by atoms with Gasteiger partial charge < -0.3 is 14.8 Å². The highest BCUT2D eigenvalue weighted by molar-refractivity contribution is 5.90. The maximum atomic E-state index is 11.6. The predicted molar refractivity (Wildman–Crippen MR) is 62.4 cm³/mol. The van der Waals surface area contributed by atoms with Crippen molar-refractivity contribution < 1.29 is 19.1 Å². The topological polar surface area (TPSA) is 64.6 Å². The molecule has 1 N–H and O–H groups in total. The number of methoxy groups -OCH3 is 1. The molecule has 0 aromatic heterocycles. The summed E-state index contributed by atoms with van der Waals surface area (Å²) in [4.78, 5) is 23.2. The molecule has 0 bridgehead atoms. The second kappa shape index (κ2) is 4.39. The lowest BCUT2D eigenvalue weighted by Gasteiger charge is -2.22. The van der Waals surface area contributed by atoms with Crippen LogP contribution in [0.5, 0.6) is 0 Å². The van der Waals surface area contributed by atoms with Crippen LogP contribution >= 0.6 is 0 Å². The molecule has 5 nitrogen and oxygen atoms in total. The molecule has 0 saturated heterocycles. The van der Waals surface area contributed by atoms with E-state index < -0.39 is 23.2 Å². The maximum Gasteiger partial charge on any atom is 0.408 e. The Balaban J connectivity index is 2.68. The Kier molecular flexibility index (Phi) is 3.50. The van der Waals surface area contributed by atoms with Gasteiger partial charge in [-0.15, -0.1) is 6.58 Å². The van der Waals surface area contributed by atoms with E-state index in [9.17, 15) is 9.59 Å². The van der Waals surface area contributed by atoms with Crippen molar-refractivity contribution in [1.82, 2.24) is 5.32 Å². The lowest BCUT2D eigenvalue weighted by atomic mass is 10.2. The van der Waals surface area contributed by atoms with Crippen LogP contribution in [0.15, 0.2) is 12.7 Å². The number of alkyl carbamates (subject to hydrolysis) is 1. The van der Waals surface area contributed by atoms with Gasteiger partial charge in [0.25, 0.3) is 0 Å². The monoisotopic (exact) mass is 241 g/mol. The minimum Gasteiger partial charge on any atom is -0.467 e. The average Bonchev–Trinajstić information content (AvgIpc) is 2.88. The van der Waals surface area contributed by atoms with Gasteiger partial charge in [-0.25, -0.2) is 9.59 Å². The molecule has 5 heteroatoms. The van der Waals surface area contributed by atoms with Crippen LogP contribution in [0.1, 0.15) is 27.2 Å². The summed E-state index contributed by atoms with van der Waals surface area (Å²) in [5.74, 6) is -0.560. The SMILES string of the molecule is C=C[C@@H]1C[C@@]1(NC(=O)OC(C)(C)C)C(=O)OC. The van der Waals surface area contributed by atoms with Gasteiger partial charge in [0.05, 0.1) is 7.11 Å². The van der Waals surface area contributed by atoms with Crippen LogP contribution in [0.25, 0.3) is 0 Å². The first-order valence-electron chi connectivity index (χ1n) is 5.47. The van der Waals surface area contributed by atoms with E-state index in [0.717, 1.165) is 0 Å². The summed E-state index contributed by atoms with van der Waals surface area (Å²) < 4.78 is 9.79. The molecule has 0 heterocycles. The number of carbonyl (C=O) groups is 2. The average molecular weight is 241 g/mol. The van der Waals surface area contributed by atoms with E-state index in [1.807, 2.05) is 0 Å². The van der Waals surface area contributed by atoms with Crippen molar-refractivity contribution >= 4 is 12.1 Å². The summed E-state index contributed by atoms with van der Waals surface area (Å²) in [5, 5.41) is 2.57. The quantitative estimate of drug-likeness (QED) is 0.602. The Labute approximate surface area is 101 Å². The van der Waals surface area contributed by atoms with E-state index in [1.54, 1.807) is 26.8 Å². The fourth-order valence-corrected chi connectivity index (χ4v) is 1.67. The fourth-order valence-electron chi connectivity index (χ4n) is 1.67. The van der Waals surface area contributed by atoms with Gasteiger partial charge in [0, 0.05) is 5.92 Å². The summed E-state index contributed by atoms with van der Waals surface area (Å²) in [6, 6.07) is 0. The standard InChI is InChI=1S/C12H19NO4/c1-6-8-7-12(8,9(14)16-5)13-10(15)17-11(2,3)4/h6,8H,1,7H2,2-5H3,(H,13,15)/t8-,12+/m1/s1. The van der Waals surface area contributed by atoms with E-state index in [1.165, 1.54) is 7.11 Å². The summed E-state index contributed by atoms with van der Waals surface area (Å²) >= 11 is 0. The van der Waals surface area contributed by atoms with Crippen LogP contribution in [-0.2, 0) is 14.3 Å². The van der Waals surface area contributed by atoms with Crippen LogP contribution < -0.4 is 5.32 Å². The Morgan fingerprint density at radius 3 is 2.41 bits per heavy atom. The first kappa shape index (κ1) is 13.5. The molecule has 1 amide bonds. The van der Waals surface area contributed by atoms with Crippen LogP contribution in [0, 0.1) is 5.92 Å². The molecule has 1 fully saturated rings. The number of hydrogen-bond acceptors (Lipinski definition) is 4. The lowest BCUT2D eigenvalue weighted by Crippen LogP contribution is -2.47. The highest BCUT2D eigenvalue weighted by atomic mass is 16.6. The number of hydrogen-bond donors (Lipinski definition) is 1. The minimum absolute atomic E-state index is 0.0949. The smallest absolute Gasteiger partial charge is 0.408 e. The number of carbonyl (C=O) groups excluding carboxylic acids is 2. The second-order valence-corrected chi connectivity index (χ2v) is 5.14. The van der Waals surface area contributed by atoms with Crippen molar-refractivity contribution in [3.05, 3.63) is 12.7 Å². The minimum atomic E-state index is -0.987. The van der Waals surface area contributed by atoms with Crippen LogP contribution in [0.2, 0.25) is 0 Å². The van der Waals surface area contributed by atoms with Gasteiger partial charge in [0.1, 0.15) is 11.1 Å². The summed E-state index contributed by atoms with van der Waals surface area (Å²) in [5.41, 5.74) is -1.58. The van der Waals surface area contributed by atoms with Gasteiger partial charge in [-0.1, -0.05) is 6.08 Å². The molecule has 1 aliphatic rings. The van der Waals surface area contributed by atoms with Crippen molar-refractivity contribution in [3.63, 3.8) is 0 Å². The number of ether oxygens (including phenoxy) is 2. The molecule has 0 spiro atoms.